The van der Waals surface area contributed by atoms with E-state index in [1.165, 1.54) is 0 Å². The molecule has 130 valence electrons. The number of amides is 2. The molecule has 0 atom stereocenters. The molecule has 2 aromatic rings. The maximum Gasteiger partial charge on any atom is 0.321 e. The molecule has 1 aromatic carbocycles. The molecule has 1 heterocycles. The fourth-order valence-electron chi connectivity index (χ4n) is 2.30. The largest absolute Gasteiger partial charge is 0.493 e. The number of rotatable bonds is 8. The summed E-state index contributed by atoms with van der Waals surface area (Å²) >= 11 is 0. The van der Waals surface area contributed by atoms with Gasteiger partial charge in [-0.3, -0.25) is 10.00 Å². The predicted octanol–water partition coefficient (Wildman–Crippen LogP) is 2.07. The second-order valence-electron chi connectivity index (χ2n) is 5.11. The average molecular weight is 333 g/mol. The number of ether oxygens (including phenoxy) is 2. The van der Waals surface area contributed by atoms with Gasteiger partial charge in [0.25, 0.3) is 0 Å². The van der Waals surface area contributed by atoms with E-state index in [2.05, 4.69) is 20.7 Å². The number of nitrogens with zero attached hydrogens (tertiary/aromatic N) is 3. The van der Waals surface area contributed by atoms with Crippen LogP contribution in [-0.2, 0) is 13.0 Å². The van der Waals surface area contributed by atoms with Gasteiger partial charge in [-0.15, -0.1) is 5.10 Å². The maximum atomic E-state index is 11.9. The zero-order valence-electron chi connectivity index (χ0n) is 14.2. The summed E-state index contributed by atoms with van der Waals surface area (Å²) in [4.78, 5) is 15.9. The summed E-state index contributed by atoms with van der Waals surface area (Å²) in [6.45, 7) is 3.27. The van der Waals surface area contributed by atoms with Crippen LogP contribution in [0.3, 0.4) is 0 Å². The molecule has 0 bridgehead atoms. The van der Waals surface area contributed by atoms with Gasteiger partial charge in [-0.1, -0.05) is 19.1 Å². The van der Waals surface area contributed by atoms with Crippen LogP contribution in [0.25, 0.3) is 0 Å². The quantitative estimate of drug-likeness (QED) is 0.772. The number of para-hydroxylation sites is 1. The fourth-order valence-corrected chi connectivity index (χ4v) is 2.30. The number of hydrogen-bond donors (Lipinski definition) is 2. The number of nitrogens with one attached hydrogen (secondary N) is 2. The summed E-state index contributed by atoms with van der Waals surface area (Å²) in [6, 6.07) is 5.32. The van der Waals surface area contributed by atoms with Crippen LogP contribution in [0.4, 0.5) is 10.7 Å². The van der Waals surface area contributed by atoms with Crippen molar-refractivity contribution in [2.24, 2.45) is 0 Å². The van der Waals surface area contributed by atoms with E-state index >= 15 is 0 Å². The number of carbonyl (C=O) groups is 1. The Morgan fingerprint density at radius 1 is 1.29 bits per heavy atom. The molecule has 0 aliphatic heterocycles. The third kappa shape index (κ3) is 4.61. The third-order valence-electron chi connectivity index (χ3n) is 3.38. The number of urea groups is 1. The van der Waals surface area contributed by atoms with Gasteiger partial charge in [-0.2, -0.15) is 0 Å². The second-order valence-corrected chi connectivity index (χ2v) is 5.11. The number of anilines is 1. The monoisotopic (exact) mass is 333 g/mol. The molecule has 0 radical (unpaired) electrons. The van der Waals surface area contributed by atoms with Crippen molar-refractivity contribution >= 4 is 12.0 Å². The summed E-state index contributed by atoms with van der Waals surface area (Å²) in [5, 5.41) is 9.54. The molecule has 2 rings (SSSR count). The van der Waals surface area contributed by atoms with E-state index in [-0.39, 0.29) is 6.03 Å². The van der Waals surface area contributed by atoms with Crippen LogP contribution in [0.5, 0.6) is 11.5 Å². The first-order valence-electron chi connectivity index (χ1n) is 7.82. The van der Waals surface area contributed by atoms with Crippen molar-refractivity contribution in [3.05, 3.63) is 30.1 Å². The summed E-state index contributed by atoms with van der Waals surface area (Å²) < 4.78 is 12.3. The highest BCUT2D eigenvalue weighted by atomic mass is 16.5. The van der Waals surface area contributed by atoms with E-state index in [1.54, 1.807) is 25.2 Å². The van der Waals surface area contributed by atoms with E-state index in [4.69, 9.17) is 9.47 Å². The number of hydrogen-bond acceptors (Lipinski definition) is 5. The SMILES string of the molecule is CCCn1cnc(NC(=O)NCCc2cccc(OC)c2OC)n1. The molecule has 2 N–H and O–H groups in total. The standard InChI is InChI=1S/C16H23N5O3/c1-4-10-21-11-18-15(20-21)19-16(22)17-9-8-12-6-5-7-13(23-2)14(12)24-3/h5-7,11H,4,8-10H2,1-3H3,(H2,17,19,20,22). The lowest BCUT2D eigenvalue weighted by molar-refractivity contribution is 0.252. The van der Waals surface area contributed by atoms with Crippen LogP contribution >= 0.6 is 0 Å². The molecule has 2 amide bonds. The molecule has 8 heteroatoms. The fraction of sp³-hybridized carbons (Fsp3) is 0.438. The molecule has 0 unspecified atom stereocenters. The molecular weight excluding hydrogens is 310 g/mol. The number of methoxy groups -OCH3 is 2. The van der Waals surface area contributed by atoms with E-state index in [1.807, 2.05) is 25.1 Å². The third-order valence-corrected chi connectivity index (χ3v) is 3.38. The van der Waals surface area contributed by atoms with Crippen molar-refractivity contribution < 1.29 is 14.3 Å². The number of aryl methyl sites for hydroxylation is 1. The number of aromatic nitrogens is 3. The molecule has 0 aliphatic rings. The Hall–Kier alpha value is -2.77. The molecule has 0 saturated heterocycles. The Bertz CT molecular complexity index is 671. The summed E-state index contributed by atoms with van der Waals surface area (Å²) in [6.07, 6.45) is 3.17. The van der Waals surface area contributed by atoms with Gasteiger partial charge < -0.3 is 14.8 Å². The highest BCUT2D eigenvalue weighted by Crippen LogP contribution is 2.30. The highest BCUT2D eigenvalue weighted by Gasteiger charge is 2.10. The van der Waals surface area contributed by atoms with E-state index in [9.17, 15) is 4.79 Å². The first-order chi connectivity index (χ1) is 11.7. The minimum atomic E-state index is -0.342. The van der Waals surface area contributed by atoms with Gasteiger partial charge in [0, 0.05) is 13.1 Å². The van der Waals surface area contributed by atoms with Gasteiger partial charge in [-0.05, 0) is 24.5 Å². The minimum absolute atomic E-state index is 0.292. The molecule has 0 spiro atoms. The molecule has 0 aliphatic carbocycles. The number of carbonyl (C=O) groups excluding carboxylic acids is 1. The normalized spacial score (nSPS) is 10.3. The lowest BCUT2D eigenvalue weighted by atomic mass is 10.1. The van der Waals surface area contributed by atoms with Crippen molar-refractivity contribution in [3.63, 3.8) is 0 Å². The van der Waals surface area contributed by atoms with Crippen molar-refractivity contribution in [2.45, 2.75) is 26.3 Å². The Morgan fingerprint density at radius 3 is 2.83 bits per heavy atom. The zero-order chi connectivity index (χ0) is 17.4. The Morgan fingerprint density at radius 2 is 2.12 bits per heavy atom. The van der Waals surface area contributed by atoms with Crippen molar-refractivity contribution in [3.8, 4) is 11.5 Å². The summed E-state index contributed by atoms with van der Waals surface area (Å²) in [5.74, 6) is 1.65. The lowest BCUT2D eigenvalue weighted by Gasteiger charge is -2.12. The smallest absolute Gasteiger partial charge is 0.321 e. The van der Waals surface area contributed by atoms with Gasteiger partial charge in [0.1, 0.15) is 6.33 Å². The van der Waals surface area contributed by atoms with Crippen LogP contribution in [0.15, 0.2) is 24.5 Å². The van der Waals surface area contributed by atoms with Gasteiger partial charge >= 0.3 is 6.03 Å². The predicted molar refractivity (Wildman–Crippen MR) is 90.6 cm³/mol. The Kier molecular flexibility index (Phi) is 6.41. The molecule has 24 heavy (non-hydrogen) atoms. The van der Waals surface area contributed by atoms with Gasteiger partial charge in [-0.25, -0.2) is 9.78 Å². The van der Waals surface area contributed by atoms with Crippen molar-refractivity contribution in [1.29, 1.82) is 0 Å². The van der Waals surface area contributed by atoms with Gasteiger partial charge in [0.15, 0.2) is 11.5 Å². The van der Waals surface area contributed by atoms with Crippen LogP contribution in [0.1, 0.15) is 18.9 Å². The maximum absolute atomic E-state index is 11.9. The number of benzene rings is 1. The average Bonchev–Trinajstić information content (AvgIpc) is 3.01. The first-order valence-corrected chi connectivity index (χ1v) is 7.82. The van der Waals surface area contributed by atoms with Crippen LogP contribution in [0.2, 0.25) is 0 Å². The van der Waals surface area contributed by atoms with Crippen LogP contribution in [-0.4, -0.2) is 41.6 Å². The molecule has 1 aromatic heterocycles. The van der Waals surface area contributed by atoms with Gasteiger partial charge in [0.2, 0.25) is 5.95 Å². The minimum Gasteiger partial charge on any atom is -0.493 e. The molecular formula is C16H23N5O3. The van der Waals surface area contributed by atoms with Gasteiger partial charge in [0.05, 0.1) is 14.2 Å². The highest BCUT2D eigenvalue weighted by molar-refractivity contribution is 5.87. The van der Waals surface area contributed by atoms with Crippen molar-refractivity contribution in [2.75, 3.05) is 26.1 Å². The van der Waals surface area contributed by atoms with E-state index in [0.717, 1.165) is 18.5 Å². The zero-order valence-corrected chi connectivity index (χ0v) is 14.2. The second kappa shape index (κ2) is 8.76. The molecule has 8 nitrogen and oxygen atoms in total. The topological polar surface area (TPSA) is 90.3 Å². The van der Waals surface area contributed by atoms with E-state index in [0.29, 0.717) is 30.4 Å². The van der Waals surface area contributed by atoms with Crippen LogP contribution < -0.4 is 20.1 Å². The molecule has 0 fully saturated rings. The molecule has 0 saturated carbocycles. The Balaban J connectivity index is 1.84. The van der Waals surface area contributed by atoms with E-state index < -0.39 is 0 Å². The summed E-state index contributed by atoms with van der Waals surface area (Å²) in [5.41, 5.74) is 0.961. The Labute approximate surface area is 141 Å². The first kappa shape index (κ1) is 17.6. The lowest BCUT2D eigenvalue weighted by Crippen LogP contribution is -2.31. The van der Waals surface area contributed by atoms with Crippen molar-refractivity contribution in [1.82, 2.24) is 20.1 Å². The van der Waals surface area contributed by atoms with Crippen LogP contribution in [0, 0.1) is 0 Å². The summed E-state index contributed by atoms with van der Waals surface area (Å²) in [7, 11) is 3.19.